The molecule has 0 bridgehead atoms. The van der Waals surface area contributed by atoms with E-state index in [4.69, 9.17) is 0 Å². The zero-order valence-corrected chi connectivity index (χ0v) is 11.6. The molecule has 0 unspecified atom stereocenters. The van der Waals surface area contributed by atoms with E-state index in [1.165, 1.54) is 5.57 Å². The van der Waals surface area contributed by atoms with E-state index in [1.807, 2.05) is 6.92 Å². The average molecular weight is 252 g/mol. The Labute approximate surface area is 109 Å². The van der Waals surface area contributed by atoms with Crippen LogP contribution in [0.4, 0.5) is 0 Å². The third-order valence-corrected chi connectivity index (χ3v) is 6.11. The van der Waals surface area contributed by atoms with Gasteiger partial charge in [-0.1, -0.05) is 39.3 Å². The fourth-order valence-electron chi connectivity index (χ4n) is 4.94. The Bertz CT molecular complexity index is 427. The minimum atomic E-state index is -0.827. The van der Waals surface area contributed by atoms with Crippen LogP contribution in [0.25, 0.3) is 0 Å². The van der Waals surface area contributed by atoms with Gasteiger partial charge in [-0.3, -0.25) is 0 Å². The molecule has 2 saturated carbocycles. The van der Waals surface area contributed by atoms with Gasteiger partial charge >= 0.3 is 0 Å². The topological polar surface area (TPSA) is 60.7 Å². The lowest BCUT2D eigenvalue weighted by molar-refractivity contribution is -0.0928. The summed E-state index contributed by atoms with van der Waals surface area (Å²) in [5, 5.41) is 31.0. The summed E-state index contributed by atoms with van der Waals surface area (Å²) in [6.45, 7) is 8.41. The third kappa shape index (κ3) is 1.16. The van der Waals surface area contributed by atoms with Gasteiger partial charge in [0.25, 0.3) is 0 Å². The molecule has 0 aromatic carbocycles. The van der Waals surface area contributed by atoms with Crippen LogP contribution in [0.15, 0.2) is 11.6 Å². The molecule has 3 rings (SSSR count). The molecule has 0 aromatic rings. The molecule has 0 aliphatic heterocycles. The number of aliphatic hydroxyl groups excluding tert-OH is 3. The molecule has 102 valence electrons. The van der Waals surface area contributed by atoms with Crippen molar-refractivity contribution in [1.29, 1.82) is 0 Å². The molecule has 6 atom stereocenters. The predicted molar refractivity (Wildman–Crippen MR) is 68.8 cm³/mol. The second kappa shape index (κ2) is 3.20. The summed E-state index contributed by atoms with van der Waals surface area (Å²) >= 11 is 0. The van der Waals surface area contributed by atoms with Crippen LogP contribution in [-0.2, 0) is 0 Å². The van der Waals surface area contributed by atoms with Crippen LogP contribution in [0.3, 0.4) is 0 Å². The van der Waals surface area contributed by atoms with Crippen molar-refractivity contribution in [3.05, 3.63) is 11.6 Å². The summed E-state index contributed by atoms with van der Waals surface area (Å²) in [6, 6.07) is 0. The van der Waals surface area contributed by atoms with Gasteiger partial charge in [-0.2, -0.15) is 0 Å². The van der Waals surface area contributed by atoms with Crippen LogP contribution in [-0.4, -0.2) is 33.6 Å². The molecule has 18 heavy (non-hydrogen) atoms. The van der Waals surface area contributed by atoms with Gasteiger partial charge in [0.2, 0.25) is 0 Å². The molecule has 3 aliphatic carbocycles. The van der Waals surface area contributed by atoms with Gasteiger partial charge < -0.3 is 15.3 Å². The highest BCUT2D eigenvalue weighted by Crippen LogP contribution is 2.70. The summed E-state index contributed by atoms with van der Waals surface area (Å²) in [5.41, 5.74) is 0.491. The number of fused-ring (bicyclic) bond motifs is 3. The lowest BCUT2D eigenvalue weighted by atomic mass is 9.66. The summed E-state index contributed by atoms with van der Waals surface area (Å²) in [5.74, 6) is 0.150. The van der Waals surface area contributed by atoms with E-state index in [2.05, 4.69) is 26.8 Å². The fraction of sp³-hybridized carbons (Fsp3) is 0.867. The van der Waals surface area contributed by atoms with Gasteiger partial charge in [0, 0.05) is 16.7 Å². The van der Waals surface area contributed by atoms with E-state index in [1.54, 1.807) is 0 Å². The third-order valence-electron chi connectivity index (χ3n) is 6.11. The Hall–Kier alpha value is -0.380. The molecular weight excluding hydrogens is 228 g/mol. The lowest BCUT2D eigenvalue weighted by Crippen LogP contribution is -2.46. The number of hydrogen-bond donors (Lipinski definition) is 3. The minimum Gasteiger partial charge on any atom is -0.392 e. The van der Waals surface area contributed by atoms with E-state index in [-0.39, 0.29) is 16.7 Å². The van der Waals surface area contributed by atoms with Gasteiger partial charge in [-0.15, -0.1) is 0 Å². The van der Waals surface area contributed by atoms with Gasteiger partial charge in [0.15, 0.2) is 0 Å². The Morgan fingerprint density at radius 3 is 2.22 bits per heavy atom. The highest BCUT2D eigenvalue weighted by Gasteiger charge is 2.71. The fourth-order valence-corrected chi connectivity index (χ4v) is 4.94. The maximum absolute atomic E-state index is 10.7. The van der Waals surface area contributed by atoms with Crippen LogP contribution >= 0.6 is 0 Å². The van der Waals surface area contributed by atoms with Crippen LogP contribution < -0.4 is 0 Å². The normalized spacial score (nSPS) is 57.4. The van der Waals surface area contributed by atoms with Gasteiger partial charge in [0.05, 0.1) is 18.3 Å². The minimum absolute atomic E-state index is 0.115. The molecule has 0 heterocycles. The average Bonchev–Trinajstić information content (AvgIpc) is 2.73. The molecule has 0 spiro atoms. The largest absolute Gasteiger partial charge is 0.392 e. The Morgan fingerprint density at radius 1 is 1.00 bits per heavy atom. The van der Waals surface area contributed by atoms with Crippen LogP contribution in [0, 0.1) is 22.2 Å². The van der Waals surface area contributed by atoms with Crippen molar-refractivity contribution < 1.29 is 15.3 Å². The van der Waals surface area contributed by atoms with Gasteiger partial charge in [0.1, 0.15) is 0 Å². The maximum Gasteiger partial charge on any atom is 0.0886 e. The van der Waals surface area contributed by atoms with Crippen LogP contribution in [0.5, 0.6) is 0 Å². The number of hydrogen-bond acceptors (Lipinski definition) is 3. The van der Waals surface area contributed by atoms with E-state index in [0.29, 0.717) is 6.42 Å². The monoisotopic (exact) mass is 252 g/mol. The molecule has 3 N–H and O–H groups in total. The first-order valence-corrected chi connectivity index (χ1v) is 6.91. The first-order chi connectivity index (χ1) is 8.13. The molecule has 0 aromatic heterocycles. The van der Waals surface area contributed by atoms with Crippen molar-refractivity contribution in [2.24, 2.45) is 22.2 Å². The molecule has 2 fully saturated rings. The zero-order chi connectivity index (χ0) is 13.5. The molecule has 0 amide bonds. The summed E-state index contributed by atoms with van der Waals surface area (Å²) in [6.07, 6.45) is 1.67. The van der Waals surface area contributed by atoms with Crippen molar-refractivity contribution >= 4 is 0 Å². The molecule has 0 saturated heterocycles. The summed E-state index contributed by atoms with van der Waals surface area (Å²) in [4.78, 5) is 0. The molecule has 3 nitrogen and oxygen atoms in total. The SMILES string of the molecule is CC1(C)C=C2[C@H](C1)[C@H](O)[C@@]1(C)[C@H](O)[C@@H](O)C[C@@]21C. The second-order valence-electron chi connectivity index (χ2n) is 7.67. The number of allylic oxidation sites excluding steroid dienone is 1. The number of aliphatic hydroxyl groups is 3. The van der Waals surface area contributed by atoms with E-state index in [0.717, 1.165) is 6.42 Å². The quantitative estimate of drug-likeness (QED) is 0.572. The Kier molecular flexibility index (Phi) is 2.24. The van der Waals surface area contributed by atoms with Gasteiger partial charge in [-0.05, 0) is 18.3 Å². The van der Waals surface area contributed by atoms with Crippen molar-refractivity contribution in [2.75, 3.05) is 0 Å². The van der Waals surface area contributed by atoms with Gasteiger partial charge in [-0.25, -0.2) is 0 Å². The maximum atomic E-state index is 10.7. The standard InChI is InChI=1S/C15H24O3/c1-13(2)5-8-9(6-13)14(3)7-10(16)12(18)15(14,4)11(8)17/h6,8,10-12,16-18H,5,7H2,1-4H3/t8-,10-,11-,12+,14-,15-/m0/s1. The summed E-state index contributed by atoms with van der Waals surface area (Å²) < 4.78 is 0. The van der Waals surface area contributed by atoms with E-state index >= 15 is 0 Å². The zero-order valence-electron chi connectivity index (χ0n) is 11.6. The van der Waals surface area contributed by atoms with Crippen molar-refractivity contribution in [1.82, 2.24) is 0 Å². The highest BCUT2D eigenvalue weighted by atomic mass is 16.3. The summed E-state index contributed by atoms with van der Waals surface area (Å²) in [7, 11) is 0. The van der Waals surface area contributed by atoms with E-state index in [9.17, 15) is 15.3 Å². The van der Waals surface area contributed by atoms with E-state index < -0.39 is 23.7 Å². The second-order valence-corrected chi connectivity index (χ2v) is 7.67. The first kappa shape index (κ1) is 12.6. The predicted octanol–water partition coefficient (Wildman–Crippen LogP) is 1.47. The molecule has 3 heteroatoms. The Balaban J connectivity index is 2.15. The van der Waals surface area contributed by atoms with Crippen LogP contribution in [0.2, 0.25) is 0 Å². The Morgan fingerprint density at radius 2 is 1.61 bits per heavy atom. The van der Waals surface area contributed by atoms with Crippen LogP contribution in [0.1, 0.15) is 40.5 Å². The van der Waals surface area contributed by atoms with Crippen molar-refractivity contribution in [3.63, 3.8) is 0 Å². The first-order valence-electron chi connectivity index (χ1n) is 6.91. The van der Waals surface area contributed by atoms with Crippen molar-refractivity contribution in [2.45, 2.75) is 58.8 Å². The molecule has 3 aliphatic rings. The van der Waals surface area contributed by atoms with Crippen molar-refractivity contribution in [3.8, 4) is 0 Å². The number of rotatable bonds is 0. The smallest absolute Gasteiger partial charge is 0.0886 e. The molecule has 0 radical (unpaired) electrons. The lowest BCUT2D eigenvalue weighted by Gasteiger charge is -2.40. The highest BCUT2D eigenvalue weighted by molar-refractivity contribution is 5.39. The molecular formula is C15H24O3.